The van der Waals surface area contributed by atoms with E-state index >= 15 is 0 Å². The fraction of sp³-hybridized carbons (Fsp3) is 0. The third-order valence-corrected chi connectivity index (χ3v) is 1.88. The Morgan fingerprint density at radius 1 is 1.25 bits per heavy atom. The number of rotatable bonds is 0. The van der Waals surface area contributed by atoms with Crippen molar-refractivity contribution in [2.45, 2.75) is 0 Å². The number of fused-ring (bicyclic) bond motifs is 1. The Hall–Kier alpha value is -1.16. The molecule has 3 nitrogen and oxygen atoms in total. The summed E-state index contributed by atoms with van der Waals surface area (Å²) in [5, 5.41) is 9.12. The SMILES string of the molecule is Oc1ccc2nc(Br)cnc2c1. The minimum Gasteiger partial charge on any atom is -0.508 e. The zero-order valence-electron chi connectivity index (χ0n) is 6.03. The van der Waals surface area contributed by atoms with Crippen molar-refractivity contribution < 1.29 is 5.11 Å². The van der Waals surface area contributed by atoms with E-state index in [4.69, 9.17) is 5.11 Å². The second-order valence-corrected chi connectivity index (χ2v) is 3.18. The van der Waals surface area contributed by atoms with Crippen LogP contribution in [-0.2, 0) is 0 Å². The van der Waals surface area contributed by atoms with Crippen molar-refractivity contribution >= 4 is 27.0 Å². The normalized spacial score (nSPS) is 10.4. The topological polar surface area (TPSA) is 46.0 Å². The van der Waals surface area contributed by atoms with Gasteiger partial charge < -0.3 is 5.11 Å². The van der Waals surface area contributed by atoms with Crippen molar-refractivity contribution in [1.82, 2.24) is 9.97 Å². The molecule has 4 heteroatoms. The summed E-state index contributed by atoms with van der Waals surface area (Å²) in [6.07, 6.45) is 1.60. The molecule has 1 aromatic carbocycles. The van der Waals surface area contributed by atoms with Crippen LogP contribution in [0.4, 0.5) is 0 Å². The highest BCUT2D eigenvalue weighted by Gasteiger charge is 1.97. The first-order valence-electron chi connectivity index (χ1n) is 3.37. The number of hydrogen-bond acceptors (Lipinski definition) is 3. The van der Waals surface area contributed by atoms with E-state index in [0.717, 1.165) is 5.52 Å². The van der Waals surface area contributed by atoms with Crippen LogP contribution < -0.4 is 0 Å². The zero-order valence-corrected chi connectivity index (χ0v) is 7.62. The third-order valence-electron chi connectivity index (χ3n) is 1.50. The maximum Gasteiger partial charge on any atom is 0.125 e. The Balaban J connectivity index is 2.79. The number of phenols is 1. The number of phenolic OH excluding ortho intramolecular Hbond substituents is 1. The van der Waals surface area contributed by atoms with Crippen LogP contribution >= 0.6 is 15.9 Å². The molecule has 60 valence electrons. The lowest BCUT2D eigenvalue weighted by Crippen LogP contribution is -1.82. The standard InChI is InChI=1S/C8H5BrN2O/c9-8-4-10-7-3-5(12)1-2-6(7)11-8/h1-4,12H. The van der Waals surface area contributed by atoms with Gasteiger partial charge in [0.15, 0.2) is 0 Å². The molecule has 0 bridgehead atoms. The molecular weight excluding hydrogens is 220 g/mol. The number of aromatic hydroxyl groups is 1. The fourth-order valence-corrected chi connectivity index (χ4v) is 1.27. The number of benzene rings is 1. The van der Waals surface area contributed by atoms with E-state index in [2.05, 4.69) is 25.9 Å². The summed E-state index contributed by atoms with van der Waals surface area (Å²) in [6.45, 7) is 0. The summed E-state index contributed by atoms with van der Waals surface area (Å²) in [4.78, 5) is 8.23. The van der Waals surface area contributed by atoms with Crippen molar-refractivity contribution in [2.24, 2.45) is 0 Å². The zero-order chi connectivity index (χ0) is 8.55. The number of hydrogen-bond donors (Lipinski definition) is 1. The summed E-state index contributed by atoms with van der Waals surface area (Å²) in [6, 6.07) is 4.89. The molecule has 0 saturated heterocycles. The number of aromatic nitrogens is 2. The van der Waals surface area contributed by atoms with Crippen molar-refractivity contribution in [3.05, 3.63) is 29.0 Å². The number of halogens is 1. The monoisotopic (exact) mass is 224 g/mol. The van der Waals surface area contributed by atoms with Crippen LogP contribution in [-0.4, -0.2) is 15.1 Å². The molecule has 1 heterocycles. The van der Waals surface area contributed by atoms with Gasteiger partial charge in [-0.25, -0.2) is 4.98 Å². The summed E-state index contributed by atoms with van der Waals surface area (Å²) in [5.41, 5.74) is 1.46. The van der Waals surface area contributed by atoms with Crippen LogP contribution in [0.3, 0.4) is 0 Å². The fourth-order valence-electron chi connectivity index (χ4n) is 0.977. The van der Waals surface area contributed by atoms with Crippen LogP contribution in [0.15, 0.2) is 29.0 Å². The van der Waals surface area contributed by atoms with E-state index in [-0.39, 0.29) is 5.75 Å². The molecule has 0 fully saturated rings. The maximum atomic E-state index is 9.12. The van der Waals surface area contributed by atoms with Gasteiger partial charge in [-0.05, 0) is 28.1 Å². The highest BCUT2D eigenvalue weighted by Crippen LogP contribution is 2.17. The molecule has 0 spiro atoms. The minimum absolute atomic E-state index is 0.208. The van der Waals surface area contributed by atoms with Gasteiger partial charge in [0, 0.05) is 6.07 Å². The van der Waals surface area contributed by atoms with Crippen molar-refractivity contribution in [2.75, 3.05) is 0 Å². The largest absolute Gasteiger partial charge is 0.508 e. The molecule has 0 atom stereocenters. The van der Waals surface area contributed by atoms with E-state index in [9.17, 15) is 0 Å². The van der Waals surface area contributed by atoms with Crippen LogP contribution in [0.2, 0.25) is 0 Å². The molecule has 0 aliphatic rings. The highest BCUT2D eigenvalue weighted by atomic mass is 79.9. The molecule has 0 radical (unpaired) electrons. The lowest BCUT2D eigenvalue weighted by atomic mass is 10.3. The van der Waals surface area contributed by atoms with Gasteiger partial charge in [-0.2, -0.15) is 0 Å². The Bertz CT molecular complexity index is 389. The van der Waals surface area contributed by atoms with Crippen LogP contribution in [0.5, 0.6) is 5.75 Å². The van der Waals surface area contributed by atoms with E-state index in [0.29, 0.717) is 10.1 Å². The molecule has 2 aromatic rings. The first-order chi connectivity index (χ1) is 5.75. The minimum atomic E-state index is 0.208. The molecule has 1 N–H and O–H groups in total. The molecule has 0 aliphatic carbocycles. The van der Waals surface area contributed by atoms with Gasteiger partial charge in [0.25, 0.3) is 0 Å². The molecule has 0 aliphatic heterocycles. The second-order valence-electron chi connectivity index (χ2n) is 2.37. The quantitative estimate of drug-likeness (QED) is 0.746. The summed E-state index contributed by atoms with van der Waals surface area (Å²) < 4.78 is 0.695. The second kappa shape index (κ2) is 2.71. The predicted octanol–water partition coefficient (Wildman–Crippen LogP) is 2.10. The number of nitrogens with zero attached hydrogens (tertiary/aromatic N) is 2. The molecule has 0 saturated carbocycles. The Morgan fingerprint density at radius 2 is 2.08 bits per heavy atom. The summed E-state index contributed by atoms with van der Waals surface area (Å²) in [7, 11) is 0. The van der Waals surface area contributed by atoms with Crippen LogP contribution in [0.25, 0.3) is 11.0 Å². The molecular formula is C8H5BrN2O. The van der Waals surface area contributed by atoms with Crippen LogP contribution in [0.1, 0.15) is 0 Å². The summed E-state index contributed by atoms with van der Waals surface area (Å²) in [5.74, 6) is 0.208. The maximum absolute atomic E-state index is 9.12. The smallest absolute Gasteiger partial charge is 0.125 e. The van der Waals surface area contributed by atoms with Gasteiger partial charge in [0.05, 0.1) is 17.2 Å². The van der Waals surface area contributed by atoms with Gasteiger partial charge in [-0.1, -0.05) is 0 Å². The van der Waals surface area contributed by atoms with E-state index in [1.165, 1.54) is 0 Å². The molecule has 12 heavy (non-hydrogen) atoms. The first-order valence-corrected chi connectivity index (χ1v) is 4.16. The lowest BCUT2D eigenvalue weighted by Gasteiger charge is -1.96. The lowest BCUT2D eigenvalue weighted by molar-refractivity contribution is 0.476. The highest BCUT2D eigenvalue weighted by molar-refractivity contribution is 9.10. The molecule has 1 aromatic heterocycles. The van der Waals surface area contributed by atoms with Gasteiger partial charge in [-0.15, -0.1) is 0 Å². The van der Waals surface area contributed by atoms with E-state index in [1.807, 2.05) is 0 Å². The Kier molecular flexibility index (Phi) is 1.69. The van der Waals surface area contributed by atoms with Crippen molar-refractivity contribution in [1.29, 1.82) is 0 Å². The van der Waals surface area contributed by atoms with Crippen molar-refractivity contribution in [3.8, 4) is 5.75 Å². The first kappa shape index (κ1) is 7.49. The van der Waals surface area contributed by atoms with Gasteiger partial charge in [0.1, 0.15) is 10.4 Å². The molecule has 0 unspecified atom stereocenters. The predicted molar refractivity (Wildman–Crippen MR) is 48.9 cm³/mol. The third kappa shape index (κ3) is 1.25. The molecule has 0 amide bonds. The van der Waals surface area contributed by atoms with E-state index in [1.54, 1.807) is 24.4 Å². The Morgan fingerprint density at radius 3 is 2.92 bits per heavy atom. The van der Waals surface area contributed by atoms with Gasteiger partial charge in [-0.3, -0.25) is 4.98 Å². The van der Waals surface area contributed by atoms with Crippen molar-refractivity contribution in [3.63, 3.8) is 0 Å². The summed E-state index contributed by atoms with van der Waals surface area (Å²) >= 11 is 3.21. The van der Waals surface area contributed by atoms with E-state index < -0.39 is 0 Å². The van der Waals surface area contributed by atoms with Gasteiger partial charge in [0.2, 0.25) is 0 Å². The van der Waals surface area contributed by atoms with Crippen LogP contribution in [0, 0.1) is 0 Å². The average molecular weight is 225 g/mol. The molecule has 2 rings (SSSR count). The average Bonchev–Trinajstić information content (AvgIpc) is 2.05. The van der Waals surface area contributed by atoms with Gasteiger partial charge >= 0.3 is 0 Å². The Labute approximate surface area is 77.2 Å².